The van der Waals surface area contributed by atoms with Crippen molar-refractivity contribution in [1.29, 1.82) is 0 Å². The number of rotatable bonds is 7. The quantitative estimate of drug-likeness (QED) is 0.784. The summed E-state index contributed by atoms with van der Waals surface area (Å²) in [7, 11) is 1.64. The maximum absolute atomic E-state index is 12.3. The van der Waals surface area contributed by atoms with Crippen molar-refractivity contribution in [2.75, 3.05) is 26.7 Å². The van der Waals surface area contributed by atoms with Gasteiger partial charge in [-0.05, 0) is 31.0 Å². The summed E-state index contributed by atoms with van der Waals surface area (Å²) in [4.78, 5) is 25.7. The molecule has 0 bridgehead atoms. The van der Waals surface area contributed by atoms with E-state index in [1.54, 1.807) is 7.11 Å². The van der Waals surface area contributed by atoms with Gasteiger partial charge < -0.3 is 15.4 Å². The van der Waals surface area contributed by atoms with E-state index in [1.807, 2.05) is 43.3 Å². The molecule has 1 aromatic carbocycles. The molecule has 2 amide bonds. The second-order valence-corrected chi connectivity index (χ2v) is 6.17. The lowest BCUT2D eigenvalue weighted by Crippen LogP contribution is -2.43. The minimum Gasteiger partial charge on any atom is -0.497 e. The molecular weight excluding hydrogens is 318 g/mol. The normalized spacial score (nSPS) is 20.6. The highest BCUT2D eigenvalue weighted by Crippen LogP contribution is 2.19. The van der Waals surface area contributed by atoms with Gasteiger partial charge >= 0.3 is 0 Å². The zero-order chi connectivity index (χ0) is 18.2. The molecule has 0 radical (unpaired) electrons. The van der Waals surface area contributed by atoms with Gasteiger partial charge in [-0.1, -0.05) is 24.3 Å². The summed E-state index contributed by atoms with van der Waals surface area (Å²) in [5.41, 5.74) is 1.08. The van der Waals surface area contributed by atoms with E-state index in [2.05, 4.69) is 15.5 Å². The number of likely N-dealkylation sites (N-methyl/N-ethyl adjacent to an activating group) is 1. The number of ether oxygens (including phenoxy) is 1. The Hall–Kier alpha value is -2.34. The first-order chi connectivity index (χ1) is 12.0. The Morgan fingerprint density at radius 2 is 2.04 bits per heavy atom. The highest BCUT2D eigenvalue weighted by atomic mass is 16.5. The first kappa shape index (κ1) is 19.0. The van der Waals surface area contributed by atoms with Crippen molar-refractivity contribution >= 4 is 17.9 Å². The molecule has 1 aliphatic rings. The monoisotopic (exact) mass is 345 g/mol. The van der Waals surface area contributed by atoms with Gasteiger partial charge in [0.05, 0.1) is 13.2 Å². The lowest BCUT2D eigenvalue weighted by atomic mass is 10.1. The zero-order valence-corrected chi connectivity index (χ0v) is 15.1. The van der Waals surface area contributed by atoms with Gasteiger partial charge in [0.25, 0.3) is 0 Å². The van der Waals surface area contributed by atoms with Crippen LogP contribution in [-0.2, 0) is 9.59 Å². The zero-order valence-electron chi connectivity index (χ0n) is 15.1. The van der Waals surface area contributed by atoms with E-state index in [1.165, 1.54) is 6.92 Å². The van der Waals surface area contributed by atoms with Crippen LogP contribution in [-0.4, -0.2) is 55.5 Å². The van der Waals surface area contributed by atoms with E-state index in [0.717, 1.165) is 11.3 Å². The Morgan fingerprint density at radius 1 is 1.32 bits per heavy atom. The standard InChI is InChI=1S/C19H27N3O3/c1-4-20-19(24)18-12-16(21-14(2)23)13-22(18)11-5-6-15-7-9-17(25-3)10-8-15/h5-10,16,18H,4,11-13H2,1-3H3,(H,20,24)(H,21,23)/b6-5+/t16-,18+/m1/s1. The maximum Gasteiger partial charge on any atom is 0.237 e. The molecule has 25 heavy (non-hydrogen) atoms. The van der Waals surface area contributed by atoms with Gasteiger partial charge in [0.2, 0.25) is 11.8 Å². The van der Waals surface area contributed by atoms with Crippen LogP contribution in [0, 0.1) is 0 Å². The van der Waals surface area contributed by atoms with Crippen LogP contribution in [0.3, 0.4) is 0 Å². The van der Waals surface area contributed by atoms with Crippen molar-refractivity contribution in [2.24, 2.45) is 0 Å². The minimum atomic E-state index is -0.211. The molecule has 6 nitrogen and oxygen atoms in total. The predicted molar refractivity (Wildman–Crippen MR) is 98.3 cm³/mol. The summed E-state index contributed by atoms with van der Waals surface area (Å²) < 4.78 is 5.15. The van der Waals surface area contributed by atoms with Crippen LogP contribution in [0.15, 0.2) is 30.3 Å². The van der Waals surface area contributed by atoms with Gasteiger partial charge in [-0.15, -0.1) is 0 Å². The first-order valence-corrected chi connectivity index (χ1v) is 8.63. The molecule has 1 aliphatic heterocycles. The van der Waals surface area contributed by atoms with Crippen molar-refractivity contribution in [1.82, 2.24) is 15.5 Å². The summed E-state index contributed by atoms with van der Waals surface area (Å²) in [6.07, 6.45) is 4.71. The van der Waals surface area contributed by atoms with Crippen molar-refractivity contribution in [3.05, 3.63) is 35.9 Å². The lowest BCUT2D eigenvalue weighted by Gasteiger charge is -2.21. The molecule has 1 fully saturated rings. The fourth-order valence-corrected chi connectivity index (χ4v) is 3.10. The Labute approximate surface area is 149 Å². The fraction of sp³-hybridized carbons (Fsp3) is 0.474. The molecule has 0 saturated carbocycles. The van der Waals surface area contributed by atoms with E-state index in [-0.39, 0.29) is 23.9 Å². The second-order valence-electron chi connectivity index (χ2n) is 6.17. The third kappa shape index (κ3) is 5.60. The molecule has 1 heterocycles. The van der Waals surface area contributed by atoms with E-state index in [0.29, 0.717) is 26.1 Å². The molecule has 6 heteroatoms. The molecule has 0 aliphatic carbocycles. The highest BCUT2D eigenvalue weighted by molar-refractivity contribution is 5.82. The van der Waals surface area contributed by atoms with Gasteiger partial charge in [-0.3, -0.25) is 14.5 Å². The number of hydrogen-bond acceptors (Lipinski definition) is 4. The van der Waals surface area contributed by atoms with Crippen LogP contribution < -0.4 is 15.4 Å². The third-order valence-electron chi connectivity index (χ3n) is 4.23. The fourth-order valence-electron chi connectivity index (χ4n) is 3.10. The lowest BCUT2D eigenvalue weighted by molar-refractivity contribution is -0.125. The number of benzene rings is 1. The molecule has 136 valence electrons. The van der Waals surface area contributed by atoms with E-state index in [9.17, 15) is 9.59 Å². The van der Waals surface area contributed by atoms with Crippen molar-refractivity contribution in [3.63, 3.8) is 0 Å². The Kier molecular flexibility index (Phi) is 7.01. The number of amides is 2. The van der Waals surface area contributed by atoms with Gasteiger partial charge in [-0.25, -0.2) is 0 Å². The van der Waals surface area contributed by atoms with E-state index in [4.69, 9.17) is 4.74 Å². The molecule has 0 unspecified atom stereocenters. The summed E-state index contributed by atoms with van der Waals surface area (Å²) in [6.45, 7) is 5.35. The maximum atomic E-state index is 12.3. The molecule has 1 saturated heterocycles. The Balaban J connectivity index is 1.98. The van der Waals surface area contributed by atoms with Crippen molar-refractivity contribution < 1.29 is 14.3 Å². The predicted octanol–water partition coefficient (Wildman–Crippen LogP) is 1.42. The topological polar surface area (TPSA) is 70.7 Å². The van der Waals surface area contributed by atoms with Gasteiger partial charge in [0.1, 0.15) is 5.75 Å². The molecule has 2 N–H and O–H groups in total. The van der Waals surface area contributed by atoms with Crippen LogP contribution in [0.25, 0.3) is 6.08 Å². The summed E-state index contributed by atoms with van der Waals surface area (Å²) in [5, 5.41) is 5.80. The number of methoxy groups -OCH3 is 1. The largest absolute Gasteiger partial charge is 0.497 e. The number of nitrogens with one attached hydrogen (secondary N) is 2. The number of nitrogens with zero attached hydrogens (tertiary/aromatic N) is 1. The van der Waals surface area contributed by atoms with Crippen molar-refractivity contribution in [2.45, 2.75) is 32.4 Å². The van der Waals surface area contributed by atoms with Crippen molar-refractivity contribution in [3.8, 4) is 5.75 Å². The molecule has 0 aromatic heterocycles. The van der Waals surface area contributed by atoms with Crippen LogP contribution in [0.4, 0.5) is 0 Å². The van der Waals surface area contributed by atoms with Crippen LogP contribution in [0.1, 0.15) is 25.8 Å². The molecule has 2 atom stereocenters. The second kappa shape index (κ2) is 9.22. The average Bonchev–Trinajstić information content (AvgIpc) is 2.97. The first-order valence-electron chi connectivity index (χ1n) is 8.63. The summed E-state index contributed by atoms with van der Waals surface area (Å²) in [5.74, 6) is 0.787. The molecular formula is C19H27N3O3. The summed E-state index contributed by atoms with van der Waals surface area (Å²) in [6, 6.07) is 7.61. The number of hydrogen-bond donors (Lipinski definition) is 2. The van der Waals surface area contributed by atoms with Gasteiger partial charge in [0, 0.05) is 32.6 Å². The Morgan fingerprint density at radius 3 is 2.64 bits per heavy atom. The SMILES string of the molecule is CCNC(=O)[C@@H]1C[C@@H](NC(C)=O)CN1C/C=C/c1ccc(OC)cc1. The smallest absolute Gasteiger partial charge is 0.237 e. The molecule has 1 aromatic rings. The van der Waals surface area contributed by atoms with E-state index >= 15 is 0 Å². The van der Waals surface area contributed by atoms with Crippen LogP contribution in [0.5, 0.6) is 5.75 Å². The van der Waals surface area contributed by atoms with Crippen LogP contribution in [0.2, 0.25) is 0 Å². The number of carbonyl (C=O) groups is 2. The number of carbonyl (C=O) groups excluding carboxylic acids is 2. The molecule has 2 rings (SSSR count). The Bertz CT molecular complexity index is 613. The van der Waals surface area contributed by atoms with Crippen LogP contribution >= 0.6 is 0 Å². The van der Waals surface area contributed by atoms with E-state index < -0.39 is 0 Å². The number of likely N-dealkylation sites (tertiary alicyclic amines) is 1. The summed E-state index contributed by atoms with van der Waals surface area (Å²) >= 11 is 0. The average molecular weight is 345 g/mol. The van der Waals surface area contributed by atoms with Gasteiger partial charge in [-0.2, -0.15) is 0 Å². The highest BCUT2D eigenvalue weighted by Gasteiger charge is 2.36. The minimum absolute atomic E-state index is 0.0134. The van der Waals surface area contributed by atoms with Gasteiger partial charge in [0.15, 0.2) is 0 Å². The third-order valence-corrected chi connectivity index (χ3v) is 4.23. The molecule has 0 spiro atoms.